The summed E-state index contributed by atoms with van der Waals surface area (Å²) in [7, 11) is 0. The van der Waals surface area contributed by atoms with Gasteiger partial charge in [-0.1, -0.05) is 6.21 Å². The van der Waals surface area contributed by atoms with Crippen molar-refractivity contribution in [2.45, 2.75) is 6.92 Å². The number of rotatable bonds is 2. The molecule has 0 aliphatic carbocycles. The van der Waals surface area contributed by atoms with E-state index in [1.165, 1.54) is 6.21 Å². The maximum Gasteiger partial charge on any atom is 0 e. The topological polar surface area (TPSA) is 23.9 Å². The summed E-state index contributed by atoms with van der Waals surface area (Å²) in [5.41, 5.74) is 0. The van der Waals surface area contributed by atoms with Crippen LogP contribution in [0.15, 0.2) is 12.7 Å². The zero-order chi connectivity index (χ0) is 4.99. The Morgan fingerprint density at radius 2 is 2.00 bits per heavy atom. The van der Waals surface area contributed by atoms with Crippen LogP contribution in [0.25, 0.3) is 0 Å². The average Bonchev–Trinajstić information content (AvgIpc) is 1.65. The van der Waals surface area contributed by atoms with E-state index in [9.17, 15) is 0 Å². The third-order valence-electron chi connectivity index (χ3n) is 0.550. The minimum absolute atomic E-state index is 0. The summed E-state index contributed by atoms with van der Waals surface area (Å²) in [6.45, 7) is 5.28. The van der Waals surface area contributed by atoms with Crippen molar-refractivity contribution in [3.05, 3.63) is 26.0 Å². The molecule has 1 nitrogen and oxygen atoms in total. The largest absolute Gasteiger partial charge is 0.358 e. The zero-order valence-corrected chi connectivity index (χ0v) is 7.27. The van der Waals surface area contributed by atoms with Crippen molar-refractivity contribution in [3.8, 4) is 0 Å². The fraction of sp³-hybridized carbons (Fsp3) is 0.167. The predicted octanol–water partition coefficient (Wildman–Crippen LogP) is 1.87. The Balaban J connectivity index is -0.000000125. The van der Waals surface area contributed by atoms with Gasteiger partial charge in [-0.25, -0.2) is 12.7 Å². The van der Waals surface area contributed by atoms with E-state index in [0.717, 1.165) is 5.92 Å². The molecule has 0 fully saturated rings. The van der Waals surface area contributed by atoms with Crippen molar-refractivity contribution in [1.82, 2.24) is 0 Å². The summed E-state index contributed by atoms with van der Waals surface area (Å²) in [4.78, 5) is 0. The normalized spacial score (nSPS) is 5.12. The van der Waals surface area contributed by atoms with Crippen molar-refractivity contribution in [3.63, 3.8) is 0 Å². The summed E-state index contributed by atoms with van der Waals surface area (Å²) in [5, 5.41) is 6.58. The van der Waals surface area contributed by atoms with Crippen molar-refractivity contribution in [1.29, 1.82) is 5.41 Å². The Morgan fingerprint density at radius 3 is 2.00 bits per heavy atom. The third-order valence-corrected chi connectivity index (χ3v) is 0.550. The molecule has 0 bridgehead atoms. The quantitative estimate of drug-likeness (QED) is 0.575. The van der Waals surface area contributed by atoms with E-state index in [-0.39, 0.29) is 7.43 Å². The second-order valence-corrected chi connectivity index (χ2v) is 1.09. The van der Waals surface area contributed by atoms with Gasteiger partial charge in [0.25, 0.3) is 0 Å². The Bertz CT molecular complexity index is 53.5. The Morgan fingerprint density at radius 1 is 1.62 bits per heavy atom. The SMILES string of the molecule is C=C[C-](C)C=N.[CH3-].[Lr]. The molecular formula is C6H11LrN-2. The van der Waals surface area contributed by atoms with E-state index in [1.807, 2.05) is 6.92 Å². The van der Waals surface area contributed by atoms with Gasteiger partial charge < -0.3 is 12.8 Å². The van der Waals surface area contributed by atoms with Gasteiger partial charge in [0.05, 0.1) is 0 Å². The third kappa shape index (κ3) is 8.86. The van der Waals surface area contributed by atoms with Crippen molar-refractivity contribution in [2.24, 2.45) is 0 Å². The molecule has 0 spiro atoms. The molecule has 0 aromatic rings. The molecule has 57 valence electrons. The number of allylic oxidation sites excluding steroid dienone is 1. The molecule has 2 heteroatoms. The van der Waals surface area contributed by atoms with Gasteiger partial charge in [-0.15, -0.1) is 6.92 Å². The minimum Gasteiger partial charge on any atom is -0.358 e. The molecule has 0 saturated heterocycles. The van der Waals surface area contributed by atoms with Gasteiger partial charge in [0.2, 0.25) is 0 Å². The first-order valence-electron chi connectivity index (χ1n) is 1.77. The summed E-state index contributed by atoms with van der Waals surface area (Å²) < 4.78 is 0. The summed E-state index contributed by atoms with van der Waals surface area (Å²) >= 11 is 0. The van der Waals surface area contributed by atoms with Crippen LogP contribution in [0.4, 0.5) is 0 Å². The fourth-order valence-electron chi connectivity index (χ4n) is 0.0589. The van der Waals surface area contributed by atoms with Crippen molar-refractivity contribution in [2.75, 3.05) is 0 Å². The first kappa shape index (κ1) is 16.3. The minimum atomic E-state index is 0. The molecule has 0 aromatic heterocycles. The molecule has 8 heavy (non-hydrogen) atoms. The molecule has 1 radical (unpaired) electrons. The summed E-state index contributed by atoms with van der Waals surface area (Å²) in [5.74, 6) is 0.898. The first-order chi connectivity index (χ1) is 2.81. The van der Waals surface area contributed by atoms with E-state index in [0.29, 0.717) is 0 Å². The molecular weight excluding hydrogens is 348 g/mol. The molecule has 0 rings (SSSR count). The Labute approximate surface area is 45.6 Å². The molecule has 0 aliphatic rings. The molecule has 0 aromatic carbocycles. The predicted molar refractivity (Wildman–Crippen MR) is 34.3 cm³/mol. The second-order valence-electron chi connectivity index (χ2n) is 1.09. The van der Waals surface area contributed by atoms with E-state index < -0.39 is 0 Å². The molecule has 0 aliphatic heterocycles. The fourth-order valence-corrected chi connectivity index (χ4v) is 0.0589. The summed E-state index contributed by atoms with van der Waals surface area (Å²) in [6.07, 6.45) is 2.92. The van der Waals surface area contributed by atoms with Crippen LogP contribution in [0, 0.1) is 18.8 Å². The van der Waals surface area contributed by atoms with E-state index in [2.05, 4.69) is 6.58 Å². The van der Waals surface area contributed by atoms with Crippen molar-refractivity contribution < 1.29 is 0 Å². The molecule has 0 saturated carbocycles. The van der Waals surface area contributed by atoms with Gasteiger partial charge in [0.15, 0.2) is 0 Å². The molecule has 0 heterocycles. The van der Waals surface area contributed by atoms with Crippen LogP contribution in [0.3, 0.4) is 0 Å². The van der Waals surface area contributed by atoms with Crippen molar-refractivity contribution >= 4 is 6.21 Å². The molecule has 1 N–H and O–H groups in total. The van der Waals surface area contributed by atoms with Gasteiger partial charge >= 0.3 is 0 Å². The van der Waals surface area contributed by atoms with E-state index in [4.69, 9.17) is 5.41 Å². The summed E-state index contributed by atoms with van der Waals surface area (Å²) in [6, 6.07) is 0. The van der Waals surface area contributed by atoms with Gasteiger partial charge in [-0.2, -0.15) is 5.92 Å². The van der Waals surface area contributed by atoms with Crippen LogP contribution in [-0.2, 0) is 0 Å². The van der Waals surface area contributed by atoms with E-state index >= 15 is 0 Å². The van der Waals surface area contributed by atoms with Crippen LogP contribution >= 0.6 is 0 Å². The van der Waals surface area contributed by atoms with Gasteiger partial charge in [-0.05, 0) is 0 Å². The molecule has 0 amide bonds. The number of hydrogen-bond donors (Lipinski definition) is 1. The van der Waals surface area contributed by atoms with E-state index in [1.54, 1.807) is 6.08 Å². The van der Waals surface area contributed by atoms with Crippen LogP contribution in [0.1, 0.15) is 6.92 Å². The molecule has 0 unspecified atom stereocenters. The monoisotopic (exact) mass is 359 g/mol. The number of nitrogens with one attached hydrogen (secondary N) is 1. The van der Waals surface area contributed by atoms with Gasteiger partial charge in [0.1, 0.15) is 0 Å². The molecule has 0 atom stereocenters. The maximum atomic E-state index is 6.58. The Hall–Kier alpha value is -1.72. The van der Waals surface area contributed by atoms with Crippen LogP contribution < -0.4 is 0 Å². The van der Waals surface area contributed by atoms with Gasteiger partial charge in [-0.3, -0.25) is 0 Å². The smallest absolute Gasteiger partial charge is 0 e. The van der Waals surface area contributed by atoms with Crippen LogP contribution in [0.5, 0.6) is 0 Å². The van der Waals surface area contributed by atoms with Gasteiger partial charge in [0, 0.05) is 0 Å². The standard InChI is InChI=1S/C5H8N.CH3.Lr/c1-3-5(2)4-6;;/h3-4,6H,1H2,2H3;1H3;/q2*-1;. The zero-order valence-electron chi connectivity index (χ0n) is 5.12. The van der Waals surface area contributed by atoms with Crippen LogP contribution in [-0.4, -0.2) is 6.21 Å². The van der Waals surface area contributed by atoms with Crippen LogP contribution in [0.2, 0.25) is 0 Å². The average molecular weight is 359 g/mol. The second kappa shape index (κ2) is 8.99. The Kier molecular flexibility index (Phi) is 18.3. The first-order valence-corrected chi connectivity index (χ1v) is 1.77. The maximum absolute atomic E-state index is 6.58. The number of hydrogen-bond acceptors (Lipinski definition) is 1.